The summed E-state index contributed by atoms with van der Waals surface area (Å²) in [6, 6.07) is 19.8. The van der Waals surface area contributed by atoms with Crippen molar-refractivity contribution in [3.05, 3.63) is 77.8 Å². The van der Waals surface area contributed by atoms with Crippen molar-refractivity contribution in [2.45, 2.75) is 4.90 Å². The molecule has 1 N–H and O–H groups in total. The van der Waals surface area contributed by atoms with Gasteiger partial charge in [0.1, 0.15) is 12.3 Å². The first-order valence-electron chi connectivity index (χ1n) is 11.0. The lowest BCUT2D eigenvalue weighted by Gasteiger charge is -2.29. The Labute approximate surface area is 210 Å². The van der Waals surface area contributed by atoms with Gasteiger partial charge < -0.3 is 19.7 Å². The van der Waals surface area contributed by atoms with Crippen molar-refractivity contribution >= 4 is 44.6 Å². The van der Waals surface area contributed by atoms with Crippen LogP contribution in [0.25, 0.3) is 0 Å². The number of morpholine rings is 1. The first-order chi connectivity index (χ1) is 16.9. The first-order valence-corrected chi connectivity index (χ1v) is 12.8. The van der Waals surface area contributed by atoms with Crippen LogP contribution >= 0.6 is 11.6 Å². The number of hydrogen-bond acceptors (Lipinski definition) is 6. The highest BCUT2D eigenvalue weighted by Crippen LogP contribution is 2.27. The van der Waals surface area contributed by atoms with Gasteiger partial charge in [-0.25, -0.2) is 8.42 Å². The minimum Gasteiger partial charge on any atom is -0.497 e. The number of nitrogens with one attached hydrogen (secondary N) is 1. The molecule has 4 rings (SSSR count). The summed E-state index contributed by atoms with van der Waals surface area (Å²) in [4.78, 5) is 15.2. The van der Waals surface area contributed by atoms with Gasteiger partial charge in [-0.1, -0.05) is 17.7 Å². The van der Waals surface area contributed by atoms with Gasteiger partial charge in [0.2, 0.25) is 5.91 Å². The maximum atomic E-state index is 13.5. The summed E-state index contributed by atoms with van der Waals surface area (Å²) in [6.07, 6.45) is 0. The first kappa shape index (κ1) is 24.8. The number of halogens is 1. The van der Waals surface area contributed by atoms with E-state index in [0.29, 0.717) is 29.7 Å². The van der Waals surface area contributed by atoms with Gasteiger partial charge in [0.05, 0.1) is 30.9 Å². The van der Waals surface area contributed by atoms with Gasteiger partial charge in [0, 0.05) is 29.5 Å². The van der Waals surface area contributed by atoms with Gasteiger partial charge in [-0.15, -0.1) is 0 Å². The molecule has 3 aromatic rings. The van der Waals surface area contributed by atoms with Crippen LogP contribution in [0.15, 0.2) is 77.7 Å². The molecule has 0 bridgehead atoms. The summed E-state index contributed by atoms with van der Waals surface area (Å²) in [5.74, 6) is 0.0395. The van der Waals surface area contributed by atoms with Crippen molar-refractivity contribution in [3.8, 4) is 5.75 Å². The predicted molar refractivity (Wildman–Crippen MR) is 137 cm³/mol. The third kappa shape index (κ3) is 6.05. The lowest BCUT2D eigenvalue weighted by molar-refractivity contribution is -0.114. The Morgan fingerprint density at radius 3 is 2.37 bits per heavy atom. The molecule has 0 saturated carbocycles. The van der Waals surface area contributed by atoms with Crippen LogP contribution in [0.4, 0.5) is 17.1 Å². The fourth-order valence-electron chi connectivity index (χ4n) is 3.73. The number of amides is 1. The topological polar surface area (TPSA) is 88.2 Å². The summed E-state index contributed by atoms with van der Waals surface area (Å²) < 4.78 is 38.5. The average Bonchev–Trinajstić information content (AvgIpc) is 2.88. The minimum atomic E-state index is -4.06. The molecular formula is C25H26ClN3O5S. The van der Waals surface area contributed by atoms with E-state index < -0.39 is 22.5 Å². The molecule has 1 saturated heterocycles. The van der Waals surface area contributed by atoms with Gasteiger partial charge in [0.25, 0.3) is 10.0 Å². The Morgan fingerprint density at radius 1 is 1.06 bits per heavy atom. The molecule has 0 aliphatic carbocycles. The molecule has 1 aliphatic rings. The Kier molecular flexibility index (Phi) is 7.80. The summed E-state index contributed by atoms with van der Waals surface area (Å²) in [5.41, 5.74) is 1.89. The number of sulfonamides is 1. The number of nitrogens with zero attached hydrogens (tertiary/aromatic N) is 2. The molecule has 0 unspecified atom stereocenters. The fraction of sp³-hybridized carbons (Fsp3) is 0.240. The summed E-state index contributed by atoms with van der Waals surface area (Å²) in [5, 5.41) is 3.15. The van der Waals surface area contributed by atoms with E-state index in [1.54, 1.807) is 42.5 Å². The zero-order chi connectivity index (χ0) is 24.8. The molecule has 35 heavy (non-hydrogen) atoms. The second-order valence-electron chi connectivity index (χ2n) is 7.86. The Balaban J connectivity index is 1.54. The maximum Gasteiger partial charge on any atom is 0.264 e. The summed E-state index contributed by atoms with van der Waals surface area (Å²) in [7, 11) is -2.57. The normalized spacial score (nSPS) is 13.8. The molecule has 8 nitrogen and oxygen atoms in total. The smallest absolute Gasteiger partial charge is 0.264 e. The van der Waals surface area contributed by atoms with Crippen molar-refractivity contribution in [2.24, 2.45) is 0 Å². The van der Waals surface area contributed by atoms with E-state index in [0.717, 1.165) is 23.1 Å². The van der Waals surface area contributed by atoms with E-state index in [2.05, 4.69) is 10.2 Å². The quantitative estimate of drug-likeness (QED) is 0.487. The maximum absolute atomic E-state index is 13.5. The summed E-state index contributed by atoms with van der Waals surface area (Å²) >= 11 is 6.12. The van der Waals surface area contributed by atoms with Gasteiger partial charge in [0.15, 0.2) is 0 Å². The molecular weight excluding hydrogens is 490 g/mol. The molecule has 3 aromatic carbocycles. The molecule has 184 valence electrons. The standard InChI is InChI=1S/C25H26ClN3O5S/c1-33-23-9-11-24(12-10-23)35(31,32)29(22-4-2-3-19(26)17-22)18-25(30)27-20-5-7-21(8-6-20)28-13-15-34-16-14-28/h2-12,17H,13-16,18H2,1H3,(H,27,30). The van der Waals surface area contributed by atoms with Crippen molar-refractivity contribution in [2.75, 3.05) is 54.5 Å². The number of hydrogen-bond donors (Lipinski definition) is 1. The minimum absolute atomic E-state index is 0.0286. The van der Waals surface area contributed by atoms with E-state index in [4.69, 9.17) is 21.1 Å². The van der Waals surface area contributed by atoms with Crippen molar-refractivity contribution in [3.63, 3.8) is 0 Å². The van der Waals surface area contributed by atoms with Crippen LogP contribution in [0.5, 0.6) is 5.75 Å². The number of benzene rings is 3. The molecule has 0 radical (unpaired) electrons. The molecule has 10 heteroatoms. The van der Waals surface area contributed by atoms with Crippen LogP contribution in [0.3, 0.4) is 0 Å². The number of carbonyl (C=O) groups is 1. The van der Waals surface area contributed by atoms with Crippen molar-refractivity contribution in [1.29, 1.82) is 0 Å². The summed E-state index contributed by atoms with van der Waals surface area (Å²) in [6.45, 7) is 2.55. The molecule has 1 aliphatic heterocycles. The molecule has 0 spiro atoms. The second kappa shape index (κ2) is 11.0. The highest BCUT2D eigenvalue weighted by Gasteiger charge is 2.27. The molecule has 1 fully saturated rings. The molecule has 0 atom stereocenters. The van der Waals surface area contributed by atoms with Crippen LogP contribution < -0.4 is 19.3 Å². The number of carbonyl (C=O) groups excluding carboxylic acids is 1. The molecule has 1 amide bonds. The zero-order valence-electron chi connectivity index (χ0n) is 19.2. The number of rotatable bonds is 8. The van der Waals surface area contributed by atoms with Crippen LogP contribution in [-0.4, -0.2) is 54.3 Å². The Bertz CT molecular complexity index is 1260. The van der Waals surface area contributed by atoms with Gasteiger partial charge >= 0.3 is 0 Å². The monoisotopic (exact) mass is 515 g/mol. The third-order valence-corrected chi connectivity index (χ3v) is 7.58. The van der Waals surface area contributed by atoms with Crippen molar-refractivity contribution in [1.82, 2.24) is 0 Å². The van der Waals surface area contributed by atoms with E-state index in [1.807, 2.05) is 12.1 Å². The second-order valence-corrected chi connectivity index (χ2v) is 10.2. The zero-order valence-corrected chi connectivity index (χ0v) is 20.8. The Morgan fingerprint density at radius 2 is 1.74 bits per heavy atom. The lowest BCUT2D eigenvalue weighted by atomic mass is 10.2. The lowest BCUT2D eigenvalue weighted by Crippen LogP contribution is -2.38. The van der Waals surface area contributed by atoms with Crippen LogP contribution in [0.1, 0.15) is 0 Å². The van der Waals surface area contributed by atoms with Crippen molar-refractivity contribution < 1.29 is 22.7 Å². The number of ether oxygens (including phenoxy) is 2. The Hall–Kier alpha value is -3.27. The van der Waals surface area contributed by atoms with Gasteiger partial charge in [-0.3, -0.25) is 9.10 Å². The SMILES string of the molecule is COc1ccc(S(=O)(=O)N(CC(=O)Nc2ccc(N3CCOCC3)cc2)c2cccc(Cl)c2)cc1. The molecule has 0 aromatic heterocycles. The largest absolute Gasteiger partial charge is 0.497 e. The van der Waals surface area contributed by atoms with E-state index in [1.165, 1.54) is 25.3 Å². The predicted octanol–water partition coefficient (Wildman–Crippen LogP) is 4.02. The highest BCUT2D eigenvalue weighted by molar-refractivity contribution is 7.92. The van der Waals surface area contributed by atoms with Gasteiger partial charge in [-0.2, -0.15) is 0 Å². The van der Waals surface area contributed by atoms with E-state index in [9.17, 15) is 13.2 Å². The number of anilines is 3. The average molecular weight is 516 g/mol. The van der Waals surface area contributed by atoms with Gasteiger partial charge in [-0.05, 0) is 66.7 Å². The van der Waals surface area contributed by atoms with Crippen LogP contribution in [0, 0.1) is 0 Å². The van der Waals surface area contributed by atoms with E-state index >= 15 is 0 Å². The fourth-order valence-corrected chi connectivity index (χ4v) is 5.33. The molecule has 1 heterocycles. The third-order valence-electron chi connectivity index (χ3n) is 5.56. The van der Waals surface area contributed by atoms with E-state index in [-0.39, 0.29) is 10.6 Å². The number of methoxy groups -OCH3 is 1. The van der Waals surface area contributed by atoms with Crippen LogP contribution in [-0.2, 0) is 19.6 Å². The highest BCUT2D eigenvalue weighted by atomic mass is 35.5. The van der Waals surface area contributed by atoms with Crippen LogP contribution in [0.2, 0.25) is 5.02 Å².